The van der Waals surface area contributed by atoms with Gasteiger partial charge in [-0.15, -0.1) is 24.2 Å². The molecule has 11 heteroatoms. The molecule has 0 unspecified atom stereocenters. The second kappa shape index (κ2) is 11.5. The molecule has 0 aliphatic carbocycles. The Labute approximate surface area is 152 Å². The summed E-state index contributed by atoms with van der Waals surface area (Å²) in [7, 11) is 1.48. The molecule has 0 aliphatic heterocycles. The van der Waals surface area contributed by atoms with Gasteiger partial charge < -0.3 is 15.4 Å². The lowest BCUT2D eigenvalue weighted by Crippen LogP contribution is -2.30. The zero-order valence-corrected chi connectivity index (χ0v) is 14.8. The van der Waals surface area contributed by atoms with Gasteiger partial charge in [0.2, 0.25) is 12.3 Å². The summed E-state index contributed by atoms with van der Waals surface area (Å²) in [5.41, 5.74) is -1.11. The standard InChI is InChI=1S/C14H17F5N2O2S.ClH/c1-23-5-4-20-7-13(22)21-10-6-9(14(17,18)19)2-3-11(10)24-8-12(15)16;/h2-3,6,12,20H,4-5,7-8H2,1H3,(H,21,22);1H. The predicted molar refractivity (Wildman–Crippen MR) is 88.8 cm³/mol. The van der Waals surface area contributed by atoms with E-state index in [-0.39, 0.29) is 29.5 Å². The van der Waals surface area contributed by atoms with Crippen molar-refractivity contribution in [2.24, 2.45) is 0 Å². The second-order valence-electron chi connectivity index (χ2n) is 4.63. The lowest BCUT2D eigenvalue weighted by Gasteiger charge is -2.14. The van der Waals surface area contributed by atoms with Gasteiger partial charge in [0.05, 0.1) is 30.2 Å². The summed E-state index contributed by atoms with van der Waals surface area (Å²) in [6.07, 6.45) is -7.21. The summed E-state index contributed by atoms with van der Waals surface area (Å²) in [5.74, 6) is -1.16. The van der Waals surface area contributed by atoms with Crippen molar-refractivity contribution in [3.05, 3.63) is 23.8 Å². The fourth-order valence-corrected chi connectivity index (χ4v) is 2.39. The Morgan fingerprint density at radius 3 is 2.56 bits per heavy atom. The number of methoxy groups -OCH3 is 1. The van der Waals surface area contributed by atoms with E-state index < -0.39 is 29.8 Å². The summed E-state index contributed by atoms with van der Waals surface area (Å²) in [6.45, 7) is 0.615. The Hall–Kier alpha value is -1.10. The molecule has 0 aliphatic rings. The summed E-state index contributed by atoms with van der Waals surface area (Å²) >= 11 is 0.676. The number of anilines is 1. The number of hydrogen-bond acceptors (Lipinski definition) is 4. The molecule has 144 valence electrons. The average molecular weight is 409 g/mol. The van der Waals surface area contributed by atoms with Crippen molar-refractivity contribution in [2.75, 3.05) is 37.9 Å². The molecule has 1 rings (SSSR count). The van der Waals surface area contributed by atoms with Gasteiger partial charge in [-0.1, -0.05) is 0 Å². The molecule has 0 bridgehead atoms. The maximum Gasteiger partial charge on any atom is 0.416 e. The van der Waals surface area contributed by atoms with Crippen LogP contribution >= 0.6 is 24.2 Å². The number of nitrogens with one attached hydrogen (secondary N) is 2. The Balaban J connectivity index is 0.00000576. The maximum absolute atomic E-state index is 12.8. The van der Waals surface area contributed by atoms with Crippen LogP contribution in [0, 0.1) is 0 Å². The third-order valence-corrected chi connectivity index (χ3v) is 3.80. The zero-order chi connectivity index (χ0) is 18.2. The van der Waals surface area contributed by atoms with E-state index in [9.17, 15) is 26.7 Å². The largest absolute Gasteiger partial charge is 0.416 e. The number of hydrogen-bond donors (Lipinski definition) is 2. The quantitative estimate of drug-likeness (QED) is 0.372. The number of rotatable bonds is 9. The van der Waals surface area contributed by atoms with Crippen LogP contribution in [0.2, 0.25) is 0 Å². The number of thioether (sulfide) groups is 1. The fraction of sp³-hybridized carbons (Fsp3) is 0.500. The summed E-state index contributed by atoms with van der Waals surface area (Å²) in [6, 6.07) is 2.60. The molecule has 0 saturated carbocycles. The van der Waals surface area contributed by atoms with Crippen LogP contribution in [-0.4, -0.2) is 44.9 Å². The molecule has 1 aromatic carbocycles. The van der Waals surface area contributed by atoms with Crippen LogP contribution in [0.15, 0.2) is 23.1 Å². The number of halogens is 6. The fourth-order valence-electron chi connectivity index (χ4n) is 1.65. The Morgan fingerprint density at radius 2 is 2.00 bits per heavy atom. The maximum atomic E-state index is 12.8. The van der Waals surface area contributed by atoms with E-state index in [1.807, 2.05) is 0 Å². The summed E-state index contributed by atoms with van der Waals surface area (Å²) < 4.78 is 67.7. The number of benzene rings is 1. The summed E-state index contributed by atoms with van der Waals surface area (Å²) in [5, 5.41) is 5.05. The molecule has 1 aromatic rings. The number of carbonyl (C=O) groups excluding carboxylic acids is 1. The number of carbonyl (C=O) groups is 1. The van der Waals surface area contributed by atoms with Crippen molar-refractivity contribution in [3.8, 4) is 0 Å². The SMILES string of the molecule is COCCNCC(=O)Nc1cc(C(F)(F)F)ccc1SCC(F)F.Cl. The second-order valence-corrected chi connectivity index (χ2v) is 5.69. The van der Waals surface area contributed by atoms with Gasteiger partial charge in [-0.3, -0.25) is 4.79 Å². The Kier molecular flexibility index (Phi) is 11.0. The lowest BCUT2D eigenvalue weighted by molar-refractivity contribution is -0.137. The molecular weight excluding hydrogens is 391 g/mol. The minimum Gasteiger partial charge on any atom is -0.383 e. The number of alkyl halides is 5. The van der Waals surface area contributed by atoms with Crippen molar-refractivity contribution >= 4 is 35.8 Å². The minimum absolute atomic E-state index is 0. The van der Waals surface area contributed by atoms with E-state index in [0.717, 1.165) is 18.2 Å². The van der Waals surface area contributed by atoms with E-state index in [1.54, 1.807) is 0 Å². The molecular formula is C14H18ClF5N2O2S. The first-order valence-corrected chi connectivity index (χ1v) is 7.84. The van der Waals surface area contributed by atoms with Crippen LogP contribution in [0.1, 0.15) is 5.56 Å². The first-order valence-electron chi connectivity index (χ1n) is 6.85. The highest BCUT2D eigenvalue weighted by atomic mass is 35.5. The monoisotopic (exact) mass is 408 g/mol. The molecule has 0 aromatic heterocycles. The number of amides is 1. The Bertz CT molecular complexity index is 546. The molecule has 0 atom stereocenters. The van der Waals surface area contributed by atoms with Crippen LogP contribution in [0.25, 0.3) is 0 Å². The van der Waals surface area contributed by atoms with E-state index in [4.69, 9.17) is 4.74 Å². The van der Waals surface area contributed by atoms with E-state index in [1.165, 1.54) is 7.11 Å². The molecule has 0 fully saturated rings. The topological polar surface area (TPSA) is 50.4 Å². The molecule has 1 amide bonds. The highest BCUT2D eigenvalue weighted by Crippen LogP contribution is 2.36. The van der Waals surface area contributed by atoms with Crippen molar-refractivity contribution in [1.29, 1.82) is 0 Å². The predicted octanol–water partition coefficient (Wildman–Crippen LogP) is 3.66. The summed E-state index contributed by atoms with van der Waals surface area (Å²) in [4.78, 5) is 11.9. The van der Waals surface area contributed by atoms with E-state index in [2.05, 4.69) is 10.6 Å². The molecule has 0 heterocycles. The smallest absolute Gasteiger partial charge is 0.383 e. The number of ether oxygens (including phenoxy) is 1. The van der Waals surface area contributed by atoms with Gasteiger partial charge in [-0.05, 0) is 18.2 Å². The minimum atomic E-state index is -4.60. The molecule has 2 N–H and O–H groups in total. The van der Waals surface area contributed by atoms with Gasteiger partial charge in [0.15, 0.2) is 0 Å². The normalized spacial score (nSPS) is 11.3. The van der Waals surface area contributed by atoms with Crippen molar-refractivity contribution < 1.29 is 31.5 Å². The van der Waals surface area contributed by atoms with Gasteiger partial charge in [0.25, 0.3) is 0 Å². The van der Waals surface area contributed by atoms with Crippen LogP contribution in [0.5, 0.6) is 0 Å². The van der Waals surface area contributed by atoms with Gasteiger partial charge in [-0.25, -0.2) is 8.78 Å². The zero-order valence-electron chi connectivity index (χ0n) is 13.2. The van der Waals surface area contributed by atoms with Crippen LogP contribution in [0.3, 0.4) is 0 Å². The van der Waals surface area contributed by atoms with Crippen LogP contribution in [-0.2, 0) is 15.7 Å². The van der Waals surface area contributed by atoms with Gasteiger partial charge in [0, 0.05) is 18.6 Å². The molecule has 0 spiro atoms. The highest BCUT2D eigenvalue weighted by molar-refractivity contribution is 7.99. The van der Waals surface area contributed by atoms with Crippen molar-refractivity contribution in [2.45, 2.75) is 17.5 Å². The first-order chi connectivity index (χ1) is 11.2. The van der Waals surface area contributed by atoms with Crippen LogP contribution in [0.4, 0.5) is 27.6 Å². The van der Waals surface area contributed by atoms with Crippen LogP contribution < -0.4 is 10.6 Å². The van der Waals surface area contributed by atoms with Crippen molar-refractivity contribution in [1.82, 2.24) is 5.32 Å². The first kappa shape index (κ1) is 23.9. The third-order valence-electron chi connectivity index (χ3n) is 2.71. The molecule has 0 radical (unpaired) electrons. The van der Waals surface area contributed by atoms with Gasteiger partial charge in [0.1, 0.15) is 0 Å². The molecule has 25 heavy (non-hydrogen) atoms. The van der Waals surface area contributed by atoms with Gasteiger partial charge in [-0.2, -0.15) is 13.2 Å². The van der Waals surface area contributed by atoms with Crippen molar-refractivity contribution in [3.63, 3.8) is 0 Å². The third kappa shape index (κ3) is 9.24. The lowest BCUT2D eigenvalue weighted by atomic mass is 10.2. The molecule has 0 saturated heterocycles. The Morgan fingerprint density at radius 1 is 1.32 bits per heavy atom. The van der Waals surface area contributed by atoms with E-state index >= 15 is 0 Å². The van der Waals surface area contributed by atoms with Gasteiger partial charge >= 0.3 is 6.18 Å². The van der Waals surface area contributed by atoms with E-state index in [0.29, 0.717) is 24.9 Å². The highest BCUT2D eigenvalue weighted by Gasteiger charge is 2.31. The molecule has 4 nitrogen and oxygen atoms in total. The average Bonchev–Trinajstić information content (AvgIpc) is 2.49.